The summed E-state index contributed by atoms with van der Waals surface area (Å²) in [6, 6.07) is 5.70. The van der Waals surface area contributed by atoms with Crippen LogP contribution >= 0.6 is 11.6 Å². The standard InChI is InChI=1S/C15H22ClNO/c1-10-3-6-14(7-11(10)2)18-15-8-13(16)5-4-12(15)9-17/h4-5,8,10-11,14H,3,6-7,9,17H2,1-2H3. The lowest BCUT2D eigenvalue weighted by Crippen LogP contribution is -2.29. The minimum absolute atomic E-state index is 0.306. The lowest BCUT2D eigenvalue weighted by Gasteiger charge is -2.32. The van der Waals surface area contributed by atoms with Gasteiger partial charge in [0.2, 0.25) is 0 Å². The molecule has 3 unspecified atom stereocenters. The number of hydrogen-bond acceptors (Lipinski definition) is 2. The summed E-state index contributed by atoms with van der Waals surface area (Å²) in [5.41, 5.74) is 6.77. The molecule has 1 saturated carbocycles. The Hall–Kier alpha value is -0.730. The minimum atomic E-state index is 0.306. The fourth-order valence-electron chi connectivity index (χ4n) is 2.59. The maximum Gasteiger partial charge on any atom is 0.125 e. The van der Waals surface area contributed by atoms with Crippen molar-refractivity contribution in [1.29, 1.82) is 0 Å². The molecule has 2 rings (SSSR count). The van der Waals surface area contributed by atoms with E-state index in [0.717, 1.165) is 36.0 Å². The van der Waals surface area contributed by atoms with E-state index in [1.165, 1.54) is 6.42 Å². The molecule has 3 atom stereocenters. The minimum Gasteiger partial charge on any atom is -0.490 e. The van der Waals surface area contributed by atoms with Crippen LogP contribution in [0.15, 0.2) is 18.2 Å². The second kappa shape index (κ2) is 5.94. The highest BCUT2D eigenvalue weighted by atomic mass is 35.5. The zero-order valence-corrected chi connectivity index (χ0v) is 11.9. The topological polar surface area (TPSA) is 35.2 Å². The van der Waals surface area contributed by atoms with Gasteiger partial charge in [-0.3, -0.25) is 0 Å². The highest BCUT2D eigenvalue weighted by Gasteiger charge is 2.26. The average molecular weight is 268 g/mol. The molecule has 0 saturated heterocycles. The summed E-state index contributed by atoms with van der Waals surface area (Å²) in [5, 5.41) is 0.708. The Labute approximate surface area is 114 Å². The van der Waals surface area contributed by atoms with E-state index in [0.29, 0.717) is 17.7 Å². The SMILES string of the molecule is CC1CCC(Oc2cc(Cl)ccc2CN)CC1C. The van der Waals surface area contributed by atoms with E-state index in [-0.39, 0.29) is 0 Å². The zero-order chi connectivity index (χ0) is 13.1. The van der Waals surface area contributed by atoms with Crippen LogP contribution < -0.4 is 10.5 Å². The Morgan fingerprint density at radius 2 is 2.06 bits per heavy atom. The van der Waals surface area contributed by atoms with Gasteiger partial charge < -0.3 is 10.5 Å². The second-order valence-electron chi connectivity index (χ2n) is 5.46. The van der Waals surface area contributed by atoms with Crippen LogP contribution in [0.4, 0.5) is 0 Å². The molecule has 0 aliphatic heterocycles. The van der Waals surface area contributed by atoms with Gasteiger partial charge in [-0.15, -0.1) is 0 Å². The molecule has 2 N–H and O–H groups in total. The molecule has 1 fully saturated rings. The van der Waals surface area contributed by atoms with Crippen molar-refractivity contribution in [2.75, 3.05) is 0 Å². The van der Waals surface area contributed by atoms with Gasteiger partial charge in [0.1, 0.15) is 5.75 Å². The van der Waals surface area contributed by atoms with Crippen LogP contribution in [-0.2, 0) is 6.54 Å². The van der Waals surface area contributed by atoms with Crippen LogP contribution in [0.25, 0.3) is 0 Å². The van der Waals surface area contributed by atoms with Crippen molar-refractivity contribution in [2.24, 2.45) is 17.6 Å². The molecule has 1 aromatic carbocycles. The van der Waals surface area contributed by atoms with Gasteiger partial charge in [0.05, 0.1) is 6.10 Å². The first-order chi connectivity index (χ1) is 8.60. The van der Waals surface area contributed by atoms with E-state index in [2.05, 4.69) is 13.8 Å². The molecule has 18 heavy (non-hydrogen) atoms. The molecule has 0 aromatic heterocycles. The third kappa shape index (κ3) is 3.18. The number of halogens is 1. The molecule has 3 heteroatoms. The van der Waals surface area contributed by atoms with Crippen molar-refractivity contribution in [3.63, 3.8) is 0 Å². The molecular formula is C15H22ClNO. The van der Waals surface area contributed by atoms with Crippen molar-refractivity contribution in [2.45, 2.75) is 45.8 Å². The molecule has 0 radical (unpaired) electrons. The lowest BCUT2D eigenvalue weighted by atomic mass is 9.80. The van der Waals surface area contributed by atoms with Crippen molar-refractivity contribution in [3.05, 3.63) is 28.8 Å². The summed E-state index contributed by atoms with van der Waals surface area (Å²) in [5.74, 6) is 2.39. The van der Waals surface area contributed by atoms with Crippen molar-refractivity contribution in [3.8, 4) is 5.75 Å². The Kier molecular flexibility index (Phi) is 4.52. The fraction of sp³-hybridized carbons (Fsp3) is 0.600. The largest absolute Gasteiger partial charge is 0.490 e. The average Bonchev–Trinajstić information content (AvgIpc) is 2.34. The molecule has 0 bridgehead atoms. The van der Waals surface area contributed by atoms with Gasteiger partial charge in [0, 0.05) is 17.1 Å². The Bertz CT molecular complexity index is 407. The molecule has 1 aromatic rings. The summed E-state index contributed by atoms with van der Waals surface area (Å²) < 4.78 is 6.11. The quantitative estimate of drug-likeness (QED) is 0.898. The predicted octanol–water partition coefficient (Wildman–Crippen LogP) is 4.00. The van der Waals surface area contributed by atoms with E-state index in [1.807, 2.05) is 18.2 Å². The zero-order valence-electron chi connectivity index (χ0n) is 11.2. The molecule has 100 valence electrons. The summed E-state index contributed by atoms with van der Waals surface area (Å²) in [6.07, 6.45) is 3.80. The van der Waals surface area contributed by atoms with Crippen LogP contribution in [0, 0.1) is 11.8 Å². The summed E-state index contributed by atoms with van der Waals surface area (Å²) in [4.78, 5) is 0. The van der Waals surface area contributed by atoms with Gasteiger partial charge >= 0.3 is 0 Å². The number of benzene rings is 1. The highest BCUT2D eigenvalue weighted by Crippen LogP contribution is 2.33. The molecule has 1 aliphatic rings. The first-order valence-corrected chi connectivity index (χ1v) is 7.13. The second-order valence-corrected chi connectivity index (χ2v) is 5.90. The number of ether oxygens (including phenoxy) is 1. The smallest absolute Gasteiger partial charge is 0.125 e. The number of hydrogen-bond donors (Lipinski definition) is 1. The number of nitrogens with two attached hydrogens (primary N) is 1. The van der Waals surface area contributed by atoms with Gasteiger partial charge in [-0.1, -0.05) is 31.5 Å². The third-order valence-corrected chi connectivity index (χ3v) is 4.33. The van der Waals surface area contributed by atoms with E-state index in [9.17, 15) is 0 Å². The first kappa shape index (κ1) is 13.7. The van der Waals surface area contributed by atoms with E-state index < -0.39 is 0 Å². The Morgan fingerprint density at radius 1 is 1.28 bits per heavy atom. The van der Waals surface area contributed by atoms with Crippen molar-refractivity contribution >= 4 is 11.6 Å². The fourth-order valence-corrected chi connectivity index (χ4v) is 2.75. The molecule has 0 amide bonds. The van der Waals surface area contributed by atoms with E-state index in [4.69, 9.17) is 22.1 Å². The van der Waals surface area contributed by atoms with Crippen LogP contribution in [0.1, 0.15) is 38.7 Å². The monoisotopic (exact) mass is 267 g/mol. The maximum absolute atomic E-state index is 6.11. The lowest BCUT2D eigenvalue weighted by molar-refractivity contribution is 0.0997. The van der Waals surface area contributed by atoms with Gasteiger partial charge in [-0.05, 0) is 43.2 Å². The van der Waals surface area contributed by atoms with Crippen LogP contribution in [0.5, 0.6) is 5.75 Å². The first-order valence-electron chi connectivity index (χ1n) is 6.75. The summed E-state index contributed by atoms with van der Waals surface area (Å²) >= 11 is 6.02. The molecule has 2 nitrogen and oxygen atoms in total. The predicted molar refractivity (Wildman–Crippen MR) is 75.9 cm³/mol. The van der Waals surface area contributed by atoms with Crippen molar-refractivity contribution in [1.82, 2.24) is 0 Å². The molecule has 0 spiro atoms. The van der Waals surface area contributed by atoms with Gasteiger partial charge in [-0.2, -0.15) is 0 Å². The Morgan fingerprint density at radius 3 is 2.72 bits per heavy atom. The summed E-state index contributed by atoms with van der Waals surface area (Å²) in [6.45, 7) is 5.12. The van der Waals surface area contributed by atoms with Gasteiger partial charge in [0.25, 0.3) is 0 Å². The molecular weight excluding hydrogens is 246 g/mol. The highest BCUT2D eigenvalue weighted by molar-refractivity contribution is 6.30. The summed E-state index contributed by atoms with van der Waals surface area (Å²) in [7, 11) is 0. The van der Waals surface area contributed by atoms with E-state index >= 15 is 0 Å². The molecule has 1 aliphatic carbocycles. The Balaban J connectivity index is 2.07. The maximum atomic E-state index is 6.11. The van der Waals surface area contributed by atoms with Crippen LogP contribution in [0.2, 0.25) is 5.02 Å². The third-order valence-electron chi connectivity index (χ3n) is 4.09. The number of rotatable bonds is 3. The van der Waals surface area contributed by atoms with Gasteiger partial charge in [0.15, 0.2) is 0 Å². The van der Waals surface area contributed by atoms with E-state index in [1.54, 1.807) is 0 Å². The van der Waals surface area contributed by atoms with Crippen molar-refractivity contribution < 1.29 is 4.74 Å². The van der Waals surface area contributed by atoms with Crippen LogP contribution in [-0.4, -0.2) is 6.10 Å². The van der Waals surface area contributed by atoms with Crippen LogP contribution in [0.3, 0.4) is 0 Å². The molecule has 0 heterocycles. The van der Waals surface area contributed by atoms with Gasteiger partial charge in [-0.25, -0.2) is 0 Å². The normalized spacial score (nSPS) is 28.1.